The summed E-state index contributed by atoms with van der Waals surface area (Å²) in [6, 6.07) is 12.0. The smallest absolute Gasteiger partial charge is 0.269 e. The summed E-state index contributed by atoms with van der Waals surface area (Å²) in [6.07, 6.45) is 0. The van der Waals surface area contributed by atoms with E-state index in [9.17, 15) is 19.7 Å². The van der Waals surface area contributed by atoms with Crippen LogP contribution in [-0.2, 0) is 4.79 Å². The minimum absolute atomic E-state index is 0.0298. The molecule has 136 valence electrons. The monoisotopic (exact) mass is 356 g/mol. The summed E-state index contributed by atoms with van der Waals surface area (Å²) in [6.45, 7) is 5.40. The molecule has 26 heavy (non-hydrogen) atoms. The van der Waals surface area contributed by atoms with Gasteiger partial charge in [-0.1, -0.05) is 26.8 Å². The van der Waals surface area contributed by atoms with E-state index in [1.165, 1.54) is 24.3 Å². The Morgan fingerprint density at radius 2 is 1.77 bits per heavy atom. The van der Waals surface area contributed by atoms with Gasteiger partial charge in [-0.25, -0.2) is 0 Å². The quantitative estimate of drug-likeness (QED) is 0.626. The molecule has 7 nitrogen and oxygen atoms in total. The summed E-state index contributed by atoms with van der Waals surface area (Å²) in [5.74, 6) is 0.0322. The van der Waals surface area contributed by atoms with Crippen molar-refractivity contribution >= 4 is 23.1 Å². The van der Waals surface area contributed by atoms with Crippen LogP contribution in [0.15, 0.2) is 48.5 Å². The molecule has 2 aromatic rings. The van der Waals surface area contributed by atoms with Crippen molar-refractivity contribution in [2.24, 2.45) is 5.41 Å². The van der Waals surface area contributed by atoms with Crippen molar-refractivity contribution in [1.82, 2.24) is 0 Å². The van der Waals surface area contributed by atoms with Crippen molar-refractivity contribution in [3.05, 3.63) is 64.2 Å². The minimum Gasteiger partial charge on any atom is -0.486 e. The zero-order valence-electron chi connectivity index (χ0n) is 14.8. The summed E-state index contributed by atoms with van der Waals surface area (Å²) < 4.78 is 5.49. The summed E-state index contributed by atoms with van der Waals surface area (Å²) in [7, 11) is 0. The van der Waals surface area contributed by atoms with E-state index in [1.807, 2.05) is 20.8 Å². The van der Waals surface area contributed by atoms with Crippen molar-refractivity contribution in [2.75, 3.05) is 11.9 Å². The van der Waals surface area contributed by atoms with Crippen molar-refractivity contribution in [3.8, 4) is 5.75 Å². The normalized spacial score (nSPS) is 10.9. The lowest BCUT2D eigenvalue weighted by atomic mass is 9.91. The number of nitro benzene ring substituents is 1. The number of Topliss-reactive ketones (excluding diaryl/α,β-unsaturated/α-hetero) is 1. The van der Waals surface area contributed by atoms with E-state index in [2.05, 4.69) is 5.32 Å². The van der Waals surface area contributed by atoms with Crippen molar-refractivity contribution in [2.45, 2.75) is 20.8 Å². The fourth-order valence-corrected chi connectivity index (χ4v) is 1.97. The maximum Gasteiger partial charge on any atom is 0.269 e. The van der Waals surface area contributed by atoms with Gasteiger partial charge in [0.25, 0.3) is 11.6 Å². The number of ether oxygens (including phenoxy) is 1. The van der Waals surface area contributed by atoms with Gasteiger partial charge in [0.2, 0.25) is 0 Å². The van der Waals surface area contributed by atoms with E-state index in [1.54, 1.807) is 24.3 Å². The first-order chi connectivity index (χ1) is 12.2. The number of amides is 1. The van der Waals surface area contributed by atoms with Gasteiger partial charge >= 0.3 is 0 Å². The first-order valence-corrected chi connectivity index (χ1v) is 7.99. The van der Waals surface area contributed by atoms with E-state index in [0.29, 0.717) is 17.0 Å². The summed E-state index contributed by atoms with van der Waals surface area (Å²) in [4.78, 5) is 34.3. The fraction of sp³-hybridized carbons (Fsp3) is 0.263. The van der Waals surface area contributed by atoms with E-state index < -0.39 is 16.2 Å². The predicted molar refractivity (Wildman–Crippen MR) is 97.4 cm³/mol. The standard InChI is InChI=1S/C19H20N2O5/c1-19(2,3)17(22)12-26-16-6-4-5-14(11-16)20-18(23)13-7-9-15(10-8-13)21(24)25/h4-11H,12H2,1-3H3,(H,20,23). The molecule has 1 N–H and O–H groups in total. The molecule has 7 heteroatoms. The maximum atomic E-state index is 12.2. The van der Waals surface area contributed by atoms with Gasteiger partial charge in [-0.3, -0.25) is 19.7 Å². The largest absolute Gasteiger partial charge is 0.486 e. The second-order valence-electron chi connectivity index (χ2n) is 6.75. The van der Waals surface area contributed by atoms with Crippen LogP contribution in [0, 0.1) is 15.5 Å². The lowest BCUT2D eigenvalue weighted by Crippen LogP contribution is -2.26. The summed E-state index contributed by atoms with van der Waals surface area (Å²) in [5, 5.41) is 13.3. The van der Waals surface area contributed by atoms with Crippen LogP contribution >= 0.6 is 0 Å². The summed E-state index contributed by atoms with van der Waals surface area (Å²) in [5.41, 5.74) is 0.223. The highest BCUT2D eigenvalue weighted by atomic mass is 16.6. The molecule has 0 aliphatic carbocycles. The molecule has 0 saturated carbocycles. The third-order valence-electron chi connectivity index (χ3n) is 3.64. The Labute approximate surface area is 151 Å². The number of anilines is 1. The molecule has 0 heterocycles. The number of hydrogen-bond donors (Lipinski definition) is 1. The van der Waals surface area contributed by atoms with Crippen LogP contribution in [0.2, 0.25) is 0 Å². The topological polar surface area (TPSA) is 98.5 Å². The molecule has 0 aromatic heterocycles. The molecule has 2 aromatic carbocycles. The van der Waals surface area contributed by atoms with Crippen LogP contribution < -0.4 is 10.1 Å². The van der Waals surface area contributed by atoms with Gasteiger partial charge in [-0.05, 0) is 24.3 Å². The second-order valence-corrected chi connectivity index (χ2v) is 6.75. The number of non-ortho nitro benzene ring substituents is 1. The van der Waals surface area contributed by atoms with Crippen molar-refractivity contribution in [3.63, 3.8) is 0 Å². The third kappa shape index (κ3) is 5.14. The average molecular weight is 356 g/mol. The Hall–Kier alpha value is -3.22. The molecular formula is C19H20N2O5. The Bertz CT molecular complexity index is 823. The van der Waals surface area contributed by atoms with Crippen LogP contribution in [-0.4, -0.2) is 23.2 Å². The third-order valence-corrected chi connectivity index (χ3v) is 3.64. The second kappa shape index (κ2) is 7.77. The lowest BCUT2D eigenvalue weighted by Gasteiger charge is -2.17. The molecule has 0 atom stereocenters. The Balaban J connectivity index is 2.02. The van der Waals surface area contributed by atoms with Crippen LogP contribution in [0.3, 0.4) is 0 Å². The van der Waals surface area contributed by atoms with Gasteiger partial charge in [-0.15, -0.1) is 0 Å². The van der Waals surface area contributed by atoms with Crippen LogP contribution in [0.25, 0.3) is 0 Å². The van der Waals surface area contributed by atoms with Crippen LogP contribution in [0.4, 0.5) is 11.4 Å². The Kier molecular flexibility index (Phi) is 5.71. The van der Waals surface area contributed by atoms with E-state index in [0.717, 1.165) is 0 Å². The lowest BCUT2D eigenvalue weighted by molar-refractivity contribution is -0.384. The highest BCUT2D eigenvalue weighted by Gasteiger charge is 2.21. The molecule has 2 rings (SSSR count). The zero-order valence-corrected chi connectivity index (χ0v) is 14.8. The zero-order chi connectivity index (χ0) is 19.3. The number of ketones is 1. The number of benzene rings is 2. The Morgan fingerprint density at radius 3 is 2.35 bits per heavy atom. The molecule has 0 radical (unpaired) electrons. The van der Waals surface area contributed by atoms with Gasteiger partial charge in [0.05, 0.1) is 4.92 Å². The van der Waals surface area contributed by atoms with Crippen molar-refractivity contribution in [1.29, 1.82) is 0 Å². The molecule has 0 fully saturated rings. The maximum absolute atomic E-state index is 12.2. The number of carbonyl (C=O) groups excluding carboxylic acids is 2. The molecule has 0 saturated heterocycles. The van der Waals surface area contributed by atoms with E-state index in [-0.39, 0.29) is 18.1 Å². The number of carbonyl (C=O) groups is 2. The SMILES string of the molecule is CC(C)(C)C(=O)COc1cccc(NC(=O)c2ccc([N+](=O)[O-])cc2)c1. The number of nitro groups is 1. The molecule has 1 amide bonds. The highest BCUT2D eigenvalue weighted by molar-refractivity contribution is 6.04. The van der Waals surface area contributed by atoms with Crippen molar-refractivity contribution < 1.29 is 19.2 Å². The van der Waals surface area contributed by atoms with Gasteiger partial charge in [0.1, 0.15) is 12.4 Å². The molecule has 0 aliphatic rings. The average Bonchev–Trinajstić information content (AvgIpc) is 2.59. The molecular weight excluding hydrogens is 336 g/mol. The minimum atomic E-state index is -0.526. The Morgan fingerprint density at radius 1 is 1.12 bits per heavy atom. The molecule has 0 aliphatic heterocycles. The van der Waals surface area contributed by atoms with Gasteiger partial charge in [-0.2, -0.15) is 0 Å². The van der Waals surface area contributed by atoms with Crippen LogP contribution in [0.1, 0.15) is 31.1 Å². The van der Waals surface area contributed by atoms with Gasteiger partial charge < -0.3 is 10.1 Å². The fourth-order valence-electron chi connectivity index (χ4n) is 1.97. The summed E-state index contributed by atoms with van der Waals surface area (Å²) >= 11 is 0. The molecule has 0 unspecified atom stereocenters. The number of nitrogens with one attached hydrogen (secondary N) is 1. The first-order valence-electron chi connectivity index (χ1n) is 7.99. The van der Waals surface area contributed by atoms with E-state index >= 15 is 0 Å². The number of nitrogens with zero attached hydrogens (tertiary/aromatic N) is 1. The molecule has 0 bridgehead atoms. The first kappa shape index (κ1) is 19.1. The van der Waals surface area contributed by atoms with Gasteiger partial charge in [0.15, 0.2) is 5.78 Å². The predicted octanol–water partition coefficient (Wildman–Crippen LogP) is 3.84. The number of hydrogen-bond acceptors (Lipinski definition) is 5. The number of rotatable bonds is 6. The highest BCUT2D eigenvalue weighted by Crippen LogP contribution is 2.21. The molecule has 0 spiro atoms. The van der Waals surface area contributed by atoms with Crippen LogP contribution in [0.5, 0.6) is 5.75 Å². The van der Waals surface area contributed by atoms with E-state index in [4.69, 9.17) is 4.74 Å². The van der Waals surface area contributed by atoms with Gasteiger partial charge in [0, 0.05) is 34.9 Å².